The van der Waals surface area contributed by atoms with Crippen LogP contribution in [0.4, 0.5) is 0 Å². The first-order valence-electron chi connectivity index (χ1n) is 12.9. The van der Waals surface area contributed by atoms with Crippen molar-refractivity contribution in [1.82, 2.24) is 0 Å². The van der Waals surface area contributed by atoms with E-state index in [1.807, 2.05) is 13.8 Å². The Morgan fingerprint density at radius 2 is 1.03 bits per heavy atom. The molecule has 0 rings (SSSR count). The molecule has 0 radical (unpaired) electrons. The Kier molecular flexibility index (Phi) is 21.8. The van der Waals surface area contributed by atoms with Crippen molar-refractivity contribution in [3.63, 3.8) is 0 Å². The molecule has 4 heteroatoms. The van der Waals surface area contributed by atoms with Crippen molar-refractivity contribution >= 4 is 11.9 Å². The molecule has 1 unspecified atom stereocenters. The number of hydrogen-bond donors (Lipinski definition) is 0. The summed E-state index contributed by atoms with van der Waals surface area (Å²) in [5.74, 6) is 0.450. The molecule has 178 valence electrons. The van der Waals surface area contributed by atoms with Gasteiger partial charge >= 0.3 is 11.9 Å². The van der Waals surface area contributed by atoms with Crippen LogP contribution in [-0.4, -0.2) is 25.2 Å². The third-order valence-corrected chi connectivity index (χ3v) is 5.71. The van der Waals surface area contributed by atoms with E-state index in [2.05, 4.69) is 6.92 Å². The summed E-state index contributed by atoms with van der Waals surface area (Å²) in [6, 6.07) is 0. The number of unbranched alkanes of at least 4 members (excludes halogenated alkanes) is 11. The first kappa shape index (κ1) is 28.9. The van der Waals surface area contributed by atoms with Crippen molar-refractivity contribution in [1.29, 1.82) is 0 Å². The molecule has 0 N–H and O–H groups in total. The van der Waals surface area contributed by atoms with Crippen LogP contribution in [0.15, 0.2) is 0 Å². The Balaban J connectivity index is 3.34. The second-order valence-corrected chi connectivity index (χ2v) is 8.70. The fourth-order valence-corrected chi connectivity index (χ4v) is 3.72. The highest BCUT2D eigenvalue weighted by atomic mass is 16.5. The van der Waals surface area contributed by atoms with Crippen molar-refractivity contribution in [2.75, 3.05) is 13.2 Å². The molecule has 0 aliphatic rings. The molecule has 0 spiro atoms. The molecule has 0 bridgehead atoms. The molecule has 1 atom stereocenters. The molecule has 0 aliphatic carbocycles. The van der Waals surface area contributed by atoms with E-state index >= 15 is 0 Å². The molecule has 0 saturated carbocycles. The highest BCUT2D eigenvalue weighted by molar-refractivity contribution is 5.69. The number of hydrogen-bond acceptors (Lipinski definition) is 4. The molecule has 0 heterocycles. The zero-order chi connectivity index (χ0) is 22.3. The highest BCUT2D eigenvalue weighted by Gasteiger charge is 2.12. The number of carbonyl (C=O) groups is 2. The topological polar surface area (TPSA) is 52.6 Å². The summed E-state index contributed by atoms with van der Waals surface area (Å²) in [7, 11) is 0. The monoisotopic (exact) mass is 426 g/mol. The minimum absolute atomic E-state index is 0.0156. The maximum absolute atomic E-state index is 11.7. The lowest BCUT2D eigenvalue weighted by atomic mass is 9.95. The number of esters is 2. The summed E-state index contributed by atoms with van der Waals surface area (Å²) in [6.45, 7) is 7.35. The Morgan fingerprint density at radius 1 is 0.600 bits per heavy atom. The fraction of sp³-hybridized carbons (Fsp3) is 0.923. The summed E-state index contributed by atoms with van der Waals surface area (Å²) in [5, 5.41) is 0. The van der Waals surface area contributed by atoms with Gasteiger partial charge in [0.2, 0.25) is 0 Å². The normalized spacial score (nSPS) is 12.0. The number of ether oxygens (including phenoxy) is 2. The molecular formula is C26H50O4. The van der Waals surface area contributed by atoms with Crippen molar-refractivity contribution in [3.8, 4) is 0 Å². The number of rotatable bonds is 22. The zero-order valence-electron chi connectivity index (χ0n) is 20.4. The van der Waals surface area contributed by atoms with Gasteiger partial charge in [-0.1, -0.05) is 97.8 Å². The van der Waals surface area contributed by atoms with Gasteiger partial charge < -0.3 is 9.47 Å². The molecule has 0 aromatic carbocycles. The van der Waals surface area contributed by atoms with Crippen LogP contribution >= 0.6 is 0 Å². The van der Waals surface area contributed by atoms with E-state index in [4.69, 9.17) is 9.47 Å². The van der Waals surface area contributed by atoms with Crippen LogP contribution in [0.25, 0.3) is 0 Å². The summed E-state index contributed by atoms with van der Waals surface area (Å²) in [6.07, 6.45) is 20.5. The van der Waals surface area contributed by atoms with Gasteiger partial charge in [0.05, 0.1) is 13.2 Å². The molecule has 0 amide bonds. The maximum Gasteiger partial charge on any atom is 0.306 e. The lowest BCUT2D eigenvalue weighted by molar-refractivity contribution is -0.145. The smallest absolute Gasteiger partial charge is 0.306 e. The summed E-state index contributed by atoms with van der Waals surface area (Å²) in [5.41, 5.74) is 0. The van der Waals surface area contributed by atoms with E-state index in [0.29, 0.717) is 32.0 Å². The van der Waals surface area contributed by atoms with Crippen LogP contribution in [-0.2, 0) is 19.1 Å². The van der Waals surface area contributed by atoms with Crippen molar-refractivity contribution in [2.24, 2.45) is 5.92 Å². The van der Waals surface area contributed by atoms with E-state index in [-0.39, 0.29) is 11.9 Å². The van der Waals surface area contributed by atoms with Gasteiger partial charge in [0.15, 0.2) is 0 Å². The van der Waals surface area contributed by atoms with Crippen LogP contribution in [0.5, 0.6) is 0 Å². The van der Waals surface area contributed by atoms with Crippen molar-refractivity contribution in [3.05, 3.63) is 0 Å². The average Bonchev–Trinajstić information content (AvgIpc) is 2.75. The lowest BCUT2D eigenvalue weighted by Crippen LogP contribution is -2.11. The van der Waals surface area contributed by atoms with E-state index in [1.165, 1.54) is 64.2 Å². The van der Waals surface area contributed by atoms with Gasteiger partial charge in [-0.05, 0) is 31.6 Å². The Morgan fingerprint density at radius 3 is 1.50 bits per heavy atom. The number of carbonyl (C=O) groups excluding carboxylic acids is 2. The molecule has 30 heavy (non-hydrogen) atoms. The SMILES string of the molecule is CCCOC(=O)CCCCCCCCCCCCCCC(CC)CC(=O)OCCC. The third-order valence-electron chi connectivity index (χ3n) is 5.71. The van der Waals surface area contributed by atoms with Crippen LogP contribution < -0.4 is 0 Å². The molecule has 0 fully saturated rings. The van der Waals surface area contributed by atoms with Crippen molar-refractivity contribution < 1.29 is 19.1 Å². The van der Waals surface area contributed by atoms with Gasteiger partial charge in [-0.3, -0.25) is 9.59 Å². The Hall–Kier alpha value is -1.06. The van der Waals surface area contributed by atoms with Gasteiger partial charge in [0.25, 0.3) is 0 Å². The van der Waals surface area contributed by atoms with E-state index in [0.717, 1.165) is 38.5 Å². The first-order valence-corrected chi connectivity index (χ1v) is 12.9. The van der Waals surface area contributed by atoms with Crippen LogP contribution in [0.2, 0.25) is 0 Å². The standard InChI is InChI=1S/C26H50O4/c1-4-21-29-25(27)20-18-16-14-12-10-8-7-9-11-13-15-17-19-24(6-3)23-26(28)30-22-5-2/h24H,4-23H2,1-3H3. The average molecular weight is 427 g/mol. The Bertz CT molecular complexity index is 394. The molecule has 0 aromatic heterocycles. The quantitative estimate of drug-likeness (QED) is 0.131. The van der Waals surface area contributed by atoms with E-state index in [9.17, 15) is 9.59 Å². The van der Waals surface area contributed by atoms with Crippen LogP contribution in [0.1, 0.15) is 136 Å². The predicted octanol–water partition coefficient (Wildman–Crippen LogP) is 7.77. The summed E-state index contributed by atoms with van der Waals surface area (Å²) in [4.78, 5) is 23.1. The highest BCUT2D eigenvalue weighted by Crippen LogP contribution is 2.19. The maximum atomic E-state index is 11.7. The molecule has 0 aliphatic heterocycles. The molecule has 4 nitrogen and oxygen atoms in total. The third kappa shape index (κ3) is 20.2. The van der Waals surface area contributed by atoms with E-state index in [1.54, 1.807) is 0 Å². The lowest BCUT2D eigenvalue weighted by Gasteiger charge is -2.13. The zero-order valence-corrected chi connectivity index (χ0v) is 20.4. The van der Waals surface area contributed by atoms with Gasteiger partial charge in [-0.15, -0.1) is 0 Å². The summed E-state index contributed by atoms with van der Waals surface area (Å²) >= 11 is 0. The second kappa shape index (κ2) is 22.6. The van der Waals surface area contributed by atoms with Gasteiger partial charge in [-0.25, -0.2) is 0 Å². The largest absolute Gasteiger partial charge is 0.466 e. The van der Waals surface area contributed by atoms with Crippen molar-refractivity contribution in [2.45, 2.75) is 136 Å². The second-order valence-electron chi connectivity index (χ2n) is 8.70. The molecular weight excluding hydrogens is 376 g/mol. The van der Waals surface area contributed by atoms with Crippen LogP contribution in [0, 0.1) is 5.92 Å². The molecule has 0 saturated heterocycles. The minimum Gasteiger partial charge on any atom is -0.466 e. The van der Waals surface area contributed by atoms with Gasteiger partial charge in [0, 0.05) is 12.8 Å². The van der Waals surface area contributed by atoms with Crippen LogP contribution in [0.3, 0.4) is 0 Å². The minimum atomic E-state index is -0.0310. The Labute approximate surface area is 186 Å². The van der Waals surface area contributed by atoms with Gasteiger partial charge in [0.1, 0.15) is 0 Å². The summed E-state index contributed by atoms with van der Waals surface area (Å²) < 4.78 is 10.3. The predicted molar refractivity (Wildman–Crippen MR) is 126 cm³/mol. The van der Waals surface area contributed by atoms with Gasteiger partial charge in [-0.2, -0.15) is 0 Å². The fourth-order valence-electron chi connectivity index (χ4n) is 3.72. The van der Waals surface area contributed by atoms with E-state index < -0.39 is 0 Å². The first-order chi connectivity index (χ1) is 14.6. The molecule has 0 aromatic rings.